The Balaban J connectivity index is 1.82. The second kappa shape index (κ2) is 4.54. The van der Waals surface area contributed by atoms with E-state index in [9.17, 15) is 0 Å². The summed E-state index contributed by atoms with van der Waals surface area (Å²) in [5, 5.41) is 7.40. The molecule has 1 saturated heterocycles. The molecule has 2 atom stereocenters. The lowest BCUT2D eigenvalue weighted by molar-refractivity contribution is 0.514. The number of aryl methyl sites for hydroxylation is 2. The van der Waals surface area contributed by atoms with Crippen molar-refractivity contribution in [2.24, 2.45) is 0 Å². The van der Waals surface area contributed by atoms with Crippen LogP contribution in [-0.4, -0.2) is 17.7 Å². The molecule has 1 fully saturated rings. The Kier molecular flexibility index (Phi) is 3.02. The summed E-state index contributed by atoms with van der Waals surface area (Å²) >= 11 is 5.14. The average molecular weight is 260 g/mol. The van der Waals surface area contributed by atoms with Crippen LogP contribution in [0, 0.1) is 13.8 Å². The van der Waals surface area contributed by atoms with Crippen LogP contribution in [0.25, 0.3) is 0 Å². The number of nitrogens with one attached hydrogen (secondary N) is 2. The molecule has 96 valence electrons. The van der Waals surface area contributed by atoms with E-state index in [1.807, 2.05) is 0 Å². The quantitative estimate of drug-likeness (QED) is 0.799. The summed E-state index contributed by atoms with van der Waals surface area (Å²) < 4.78 is 0. The van der Waals surface area contributed by atoms with E-state index in [0.29, 0.717) is 12.0 Å². The molecule has 0 saturated carbocycles. The summed E-state index contributed by atoms with van der Waals surface area (Å²) in [6, 6.07) is 5.05. The Bertz CT molecular complexity index is 496. The summed E-state index contributed by atoms with van der Waals surface area (Å²) in [5.41, 5.74) is 6.15. The largest absolute Gasteiger partial charge is 0.361 e. The summed E-state index contributed by atoms with van der Waals surface area (Å²) in [7, 11) is 0. The third-order valence-corrected chi connectivity index (χ3v) is 4.64. The number of rotatable bonds is 2. The van der Waals surface area contributed by atoms with E-state index in [4.69, 9.17) is 12.2 Å². The lowest BCUT2D eigenvalue weighted by Gasteiger charge is -2.18. The minimum absolute atomic E-state index is 0.508. The van der Waals surface area contributed by atoms with Gasteiger partial charge in [0.2, 0.25) is 0 Å². The van der Waals surface area contributed by atoms with Gasteiger partial charge in [-0.05, 0) is 73.5 Å². The molecule has 1 heterocycles. The predicted molar refractivity (Wildman–Crippen MR) is 79.1 cm³/mol. The van der Waals surface area contributed by atoms with Crippen molar-refractivity contribution >= 4 is 17.3 Å². The van der Waals surface area contributed by atoms with Gasteiger partial charge in [0.1, 0.15) is 0 Å². The van der Waals surface area contributed by atoms with Gasteiger partial charge < -0.3 is 10.6 Å². The molecule has 0 radical (unpaired) electrons. The molecule has 0 spiro atoms. The van der Waals surface area contributed by atoms with Crippen molar-refractivity contribution in [1.82, 2.24) is 10.6 Å². The Hall–Kier alpha value is -1.09. The molecule has 0 aromatic heterocycles. The van der Waals surface area contributed by atoms with Crippen LogP contribution in [0.3, 0.4) is 0 Å². The molecule has 0 bridgehead atoms. The monoisotopic (exact) mass is 260 g/mol. The highest BCUT2D eigenvalue weighted by Crippen LogP contribution is 2.39. The Morgan fingerprint density at radius 2 is 2.06 bits per heavy atom. The second-order valence-electron chi connectivity index (χ2n) is 5.61. The number of benzene rings is 1. The first-order valence-electron chi connectivity index (χ1n) is 6.78. The van der Waals surface area contributed by atoms with Gasteiger partial charge in [0, 0.05) is 12.6 Å². The summed E-state index contributed by atoms with van der Waals surface area (Å²) in [6.07, 6.45) is 3.74. The third-order valence-electron chi connectivity index (χ3n) is 4.37. The molecule has 1 aromatic rings. The highest BCUT2D eigenvalue weighted by atomic mass is 32.1. The van der Waals surface area contributed by atoms with Gasteiger partial charge in [0.05, 0.1) is 0 Å². The Labute approximate surface area is 114 Å². The second-order valence-corrected chi connectivity index (χ2v) is 6.02. The van der Waals surface area contributed by atoms with Crippen molar-refractivity contribution in [2.45, 2.75) is 45.1 Å². The molecular formula is C15H20N2S. The number of hydrogen-bond donors (Lipinski definition) is 2. The van der Waals surface area contributed by atoms with Gasteiger partial charge >= 0.3 is 0 Å². The van der Waals surface area contributed by atoms with Crippen molar-refractivity contribution in [3.63, 3.8) is 0 Å². The minimum atomic E-state index is 0.508. The lowest BCUT2D eigenvalue weighted by Crippen LogP contribution is -2.27. The summed E-state index contributed by atoms with van der Waals surface area (Å²) in [4.78, 5) is 0. The van der Waals surface area contributed by atoms with Crippen LogP contribution in [0.15, 0.2) is 12.1 Å². The third kappa shape index (κ3) is 2.01. The van der Waals surface area contributed by atoms with Gasteiger partial charge in [0.15, 0.2) is 5.11 Å². The van der Waals surface area contributed by atoms with E-state index in [1.165, 1.54) is 30.4 Å². The van der Waals surface area contributed by atoms with Gasteiger partial charge in [-0.25, -0.2) is 0 Å². The first kappa shape index (κ1) is 12.0. The molecule has 1 aliphatic carbocycles. The van der Waals surface area contributed by atoms with Crippen LogP contribution in [0.1, 0.15) is 41.0 Å². The van der Waals surface area contributed by atoms with E-state index in [2.05, 4.69) is 36.6 Å². The van der Waals surface area contributed by atoms with Gasteiger partial charge in [-0.1, -0.05) is 12.1 Å². The maximum Gasteiger partial charge on any atom is 0.166 e. The smallest absolute Gasteiger partial charge is 0.166 e. The van der Waals surface area contributed by atoms with Crippen LogP contribution in [0.5, 0.6) is 0 Å². The van der Waals surface area contributed by atoms with Crippen LogP contribution < -0.4 is 10.6 Å². The van der Waals surface area contributed by atoms with E-state index >= 15 is 0 Å². The molecule has 18 heavy (non-hydrogen) atoms. The highest BCUT2D eigenvalue weighted by molar-refractivity contribution is 7.80. The predicted octanol–water partition coefficient (Wildman–Crippen LogP) is 2.57. The molecule has 2 N–H and O–H groups in total. The van der Waals surface area contributed by atoms with Crippen molar-refractivity contribution in [3.05, 3.63) is 34.4 Å². The zero-order chi connectivity index (χ0) is 12.7. The van der Waals surface area contributed by atoms with Crippen LogP contribution in [0.2, 0.25) is 0 Å². The highest BCUT2D eigenvalue weighted by Gasteiger charge is 2.29. The summed E-state index contributed by atoms with van der Waals surface area (Å²) in [5.74, 6) is 0.708. The zero-order valence-electron chi connectivity index (χ0n) is 11.0. The standard InChI is InChI=1S/C15H20N2S/c1-9-3-4-10(2)14-11(5-6-13(9)14)7-12-8-16-15(18)17-12/h3-4,11-12H,5-8H2,1-2H3,(H2,16,17,18). The number of fused-ring (bicyclic) bond motifs is 1. The van der Waals surface area contributed by atoms with E-state index in [0.717, 1.165) is 11.7 Å². The first-order valence-corrected chi connectivity index (χ1v) is 7.19. The van der Waals surface area contributed by atoms with Crippen molar-refractivity contribution in [2.75, 3.05) is 6.54 Å². The maximum atomic E-state index is 5.14. The maximum absolute atomic E-state index is 5.14. The van der Waals surface area contributed by atoms with Crippen molar-refractivity contribution in [1.29, 1.82) is 0 Å². The first-order chi connectivity index (χ1) is 8.65. The molecule has 1 aliphatic heterocycles. The number of hydrogen-bond acceptors (Lipinski definition) is 1. The molecular weight excluding hydrogens is 240 g/mol. The van der Waals surface area contributed by atoms with Crippen LogP contribution >= 0.6 is 12.2 Å². The molecule has 2 nitrogen and oxygen atoms in total. The lowest BCUT2D eigenvalue weighted by atomic mass is 9.90. The van der Waals surface area contributed by atoms with Crippen LogP contribution in [-0.2, 0) is 6.42 Å². The van der Waals surface area contributed by atoms with Crippen molar-refractivity contribution in [3.8, 4) is 0 Å². The molecule has 0 amide bonds. The SMILES string of the molecule is Cc1ccc(C)c2c1CCC2CC1CNC(=S)N1. The molecule has 1 aromatic carbocycles. The normalized spacial score (nSPS) is 25.8. The molecule has 3 rings (SSSR count). The van der Waals surface area contributed by atoms with Gasteiger partial charge in [-0.3, -0.25) is 0 Å². The topological polar surface area (TPSA) is 24.1 Å². The number of thiocarbonyl (C=S) groups is 1. The zero-order valence-corrected chi connectivity index (χ0v) is 11.9. The molecule has 3 heteroatoms. The fourth-order valence-corrected chi connectivity index (χ4v) is 3.73. The van der Waals surface area contributed by atoms with Crippen molar-refractivity contribution < 1.29 is 0 Å². The van der Waals surface area contributed by atoms with Gasteiger partial charge in [-0.2, -0.15) is 0 Å². The Morgan fingerprint density at radius 3 is 2.78 bits per heavy atom. The van der Waals surface area contributed by atoms with Gasteiger partial charge in [-0.15, -0.1) is 0 Å². The Morgan fingerprint density at radius 1 is 1.28 bits per heavy atom. The van der Waals surface area contributed by atoms with E-state index in [-0.39, 0.29) is 0 Å². The fourth-order valence-electron chi connectivity index (χ4n) is 3.48. The van der Waals surface area contributed by atoms with Crippen LogP contribution in [0.4, 0.5) is 0 Å². The summed E-state index contributed by atoms with van der Waals surface area (Å²) in [6.45, 7) is 5.47. The van der Waals surface area contributed by atoms with E-state index < -0.39 is 0 Å². The molecule has 2 unspecified atom stereocenters. The fraction of sp³-hybridized carbons (Fsp3) is 0.533. The average Bonchev–Trinajstić information content (AvgIpc) is 2.92. The minimum Gasteiger partial charge on any atom is -0.361 e. The van der Waals surface area contributed by atoms with Gasteiger partial charge in [0.25, 0.3) is 0 Å². The van der Waals surface area contributed by atoms with E-state index in [1.54, 1.807) is 11.1 Å². The molecule has 2 aliphatic rings.